The fourth-order valence-corrected chi connectivity index (χ4v) is 3.50. The van der Waals surface area contributed by atoms with E-state index in [9.17, 15) is 17.2 Å². The van der Waals surface area contributed by atoms with Crippen molar-refractivity contribution < 1.29 is 17.2 Å². The van der Waals surface area contributed by atoms with Gasteiger partial charge in [-0.2, -0.15) is 0 Å². The highest BCUT2D eigenvalue weighted by molar-refractivity contribution is 7.89. The van der Waals surface area contributed by atoms with Gasteiger partial charge in [0.15, 0.2) is 0 Å². The van der Waals surface area contributed by atoms with Crippen LogP contribution in [0.15, 0.2) is 17.0 Å². The first-order valence-electron chi connectivity index (χ1n) is 6.25. The minimum absolute atomic E-state index is 0.0622. The Morgan fingerprint density at radius 1 is 1.29 bits per heavy atom. The summed E-state index contributed by atoms with van der Waals surface area (Å²) in [4.78, 5) is -0.262. The van der Waals surface area contributed by atoms with Crippen LogP contribution in [-0.2, 0) is 16.6 Å². The third-order valence-corrected chi connectivity index (χ3v) is 4.96. The zero-order valence-corrected chi connectivity index (χ0v) is 13.6. The summed E-state index contributed by atoms with van der Waals surface area (Å²) in [6, 6.07) is 2.58. The van der Waals surface area contributed by atoms with Gasteiger partial charge in [0.1, 0.15) is 4.90 Å². The topological polar surface area (TPSA) is 58.2 Å². The Bertz CT molecular complexity index is 583. The molecule has 0 aliphatic carbocycles. The Morgan fingerprint density at radius 3 is 2.52 bits per heavy atom. The van der Waals surface area contributed by atoms with Gasteiger partial charge in [-0.1, -0.05) is 30.1 Å². The monoisotopic (exact) mass is 360 g/mol. The molecule has 2 N–H and O–H groups in total. The molecule has 0 saturated carbocycles. The molecule has 0 unspecified atom stereocenters. The number of hydrogen-bond donors (Lipinski definition) is 2. The fraction of sp³-hybridized carbons (Fsp3) is 0.500. The molecule has 21 heavy (non-hydrogen) atoms. The molecular weight excluding hydrogens is 345 g/mol. The summed E-state index contributed by atoms with van der Waals surface area (Å²) in [5, 5.41) is 3.31. The van der Waals surface area contributed by atoms with E-state index in [1.54, 1.807) is 4.72 Å². The smallest absolute Gasteiger partial charge is 0.251 e. The van der Waals surface area contributed by atoms with E-state index in [1.165, 1.54) is 12.1 Å². The molecule has 0 spiro atoms. The number of sulfonamides is 1. The Balaban J connectivity index is 3.06. The van der Waals surface area contributed by atoms with Crippen molar-refractivity contribution >= 4 is 33.2 Å². The zero-order chi connectivity index (χ0) is 16.0. The summed E-state index contributed by atoms with van der Waals surface area (Å²) in [5.74, 6) is 0. The Labute approximate surface area is 132 Å². The molecule has 120 valence electrons. The van der Waals surface area contributed by atoms with E-state index in [4.69, 9.17) is 23.2 Å². The lowest BCUT2D eigenvalue weighted by Gasteiger charge is -2.13. The first kappa shape index (κ1) is 18.6. The molecule has 0 aliphatic rings. The Kier molecular flexibility index (Phi) is 7.29. The molecule has 4 nitrogen and oxygen atoms in total. The van der Waals surface area contributed by atoms with Gasteiger partial charge in [0.2, 0.25) is 10.0 Å². The third-order valence-electron chi connectivity index (χ3n) is 2.60. The molecule has 0 amide bonds. The average Bonchev–Trinajstić information content (AvgIpc) is 2.40. The first-order chi connectivity index (χ1) is 9.79. The predicted molar refractivity (Wildman–Crippen MR) is 79.7 cm³/mol. The summed E-state index contributed by atoms with van der Waals surface area (Å²) in [7, 11) is -4.10. The number of nitrogens with one attached hydrogen (secondary N) is 2. The van der Waals surface area contributed by atoms with Crippen LogP contribution < -0.4 is 10.0 Å². The van der Waals surface area contributed by atoms with Crippen LogP contribution >= 0.6 is 23.2 Å². The predicted octanol–water partition coefficient (Wildman–Crippen LogP) is 3.04. The minimum atomic E-state index is -4.10. The Hall–Kier alpha value is -0.470. The Morgan fingerprint density at radius 2 is 1.95 bits per heavy atom. The highest BCUT2D eigenvalue weighted by atomic mass is 35.5. The third kappa shape index (κ3) is 5.34. The molecule has 0 heterocycles. The van der Waals surface area contributed by atoms with Gasteiger partial charge >= 0.3 is 0 Å². The van der Waals surface area contributed by atoms with E-state index in [-0.39, 0.29) is 9.92 Å². The highest BCUT2D eigenvalue weighted by Gasteiger charge is 2.22. The fourth-order valence-electron chi connectivity index (χ4n) is 1.59. The molecule has 0 atom stereocenters. The first-order valence-corrected chi connectivity index (χ1v) is 8.49. The van der Waals surface area contributed by atoms with Gasteiger partial charge in [0.25, 0.3) is 6.43 Å². The molecule has 1 aromatic rings. The molecule has 9 heteroatoms. The van der Waals surface area contributed by atoms with Gasteiger partial charge in [-0.15, -0.1) is 0 Å². The number of hydrogen-bond acceptors (Lipinski definition) is 3. The lowest BCUT2D eigenvalue weighted by atomic mass is 10.2. The van der Waals surface area contributed by atoms with Crippen molar-refractivity contribution in [1.29, 1.82) is 0 Å². The van der Waals surface area contributed by atoms with Crippen molar-refractivity contribution in [2.75, 3.05) is 13.1 Å². The summed E-state index contributed by atoms with van der Waals surface area (Å²) >= 11 is 12.1. The second-order valence-corrected chi connectivity index (χ2v) is 6.78. The molecule has 0 radical (unpaired) electrons. The van der Waals surface area contributed by atoms with Crippen molar-refractivity contribution in [3.63, 3.8) is 0 Å². The summed E-state index contributed by atoms with van der Waals surface area (Å²) < 4.78 is 50.0. The van der Waals surface area contributed by atoms with E-state index < -0.39 is 23.0 Å². The van der Waals surface area contributed by atoms with Gasteiger partial charge in [-0.05, 0) is 25.1 Å². The van der Waals surface area contributed by atoms with Gasteiger partial charge in [-0.25, -0.2) is 21.9 Å². The minimum Gasteiger partial charge on any atom is -0.313 e. The van der Waals surface area contributed by atoms with Crippen LogP contribution in [0.3, 0.4) is 0 Å². The van der Waals surface area contributed by atoms with Crippen molar-refractivity contribution in [3.8, 4) is 0 Å². The van der Waals surface area contributed by atoms with Crippen LogP contribution in [0.2, 0.25) is 10.0 Å². The largest absolute Gasteiger partial charge is 0.313 e. The molecule has 0 aromatic heterocycles. The maximum absolute atomic E-state index is 12.1. The van der Waals surface area contributed by atoms with E-state index in [2.05, 4.69) is 5.32 Å². The van der Waals surface area contributed by atoms with Crippen LogP contribution in [0.5, 0.6) is 0 Å². The molecule has 1 aromatic carbocycles. The highest BCUT2D eigenvalue weighted by Crippen LogP contribution is 2.31. The maximum Gasteiger partial charge on any atom is 0.251 e. The second-order valence-electron chi connectivity index (χ2n) is 4.26. The normalized spacial score (nSPS) is 12.1. The molecular formula is C12H16Cl2F2N2O2S. The molecule has 0 saturated heterocycles. The SMILES string of the molecule is CCCNCc1c(Cl)ccc(S(=O)(=O)NCC(F)F)c1Cl. The quantitative estimate of drug-likeness (QED) is 0.700. The number of rotatable bonds is 8. The summed E-state index contributed by atoms with van der Waals surface area (Å²) in [5.41, 5.74) is 0.423. The lowest BCUT2D eigenvalue weighted by Crippen LogP contribution is -2.29. The molecule has 0 aliphatic heterocycles. The van der Waals surface area contributed by atoms with Crippen molar-refractivity contribution in [1.82, 2.24) is 10.0 Å². The van der Waals surface area contributed by atoms with Gasteiger partial charge in [-0.3, -0.25) is 0 Å². The second kappa shape index (κ2) is 8.24. The zero-order valence-electron chi connectivity index (χ0n) is 11.3. The van der Waals surface area contributed by atoms with E-state index >= 15 is 0 Å². The van der Waals surface area contributed by atoms with Crippen molar-refractivity contribution in [2.45, 2.75) is 31.2 Å². The van der Waals surface area contributed by atoms with Crippen molar-refractivity contribution in [3.05, 3.63) is 27.7 Å². The van der Waals surface area contributed by atoms with E-state index in [1.807, 2.05) is 6.92 Å². The van der Waals surface area contributed by atoms with Crippen LogP contribution in [0.1, 0.15) is 18.9 Å². The van der Waals surface area contributed by atoms with Gasteiger partial charge in [0, 0.05) is 17.1 Å². The van der Waals surface area contributed by atoms with Crippen LogP contribution in [0.25, 0.3) is 0 Å². The van der Waals surface area contributed by atoms with E-state index in [0.717, 1.165) is 6.42 Å². The van der Waals surface area contributed by atoms with Gasteiger partial charge in [0.05, 0.1) is 11.6 Å². The number of halogens is 4. The number of alkyl halides is 2. The number of benzene rings is 1. The van der Waals surface area contributed by atoms with E-state index in [0.29, 0.717) is 23.7 Å². The standard InChI is InChI=1S/C12H16Cl2F2N2O2S/c1-2-5-17-6-8-9(13)3-4-10(12(8)14)21(19,20)18-7-11(15)16/h3-4,11,17-18H,2,5-7H2,1H3. The maximum atomic E-state index is 12.1. The summed E-state index contributed by atoms with van der Waals surface area (Å²) in [6.45, 7) is 2.02. The van der Waals surface area contributed by atoms with Crippen LogP contribution in [-0.4, -0.2) is 27.9 Å². The van der Waals surface area contributed by atoms with Crippen LogP contribution in [0.4, 0.5) is 8.78 Å². The average molecular weight is 361 g/mol. The van der Waals surface area contributed by atoms with Crippen LogP contribution in [0, 0.1) is 0 Å². The lowest BCUT2D eigenvalue weighted by molar-refractivity contribution is 0.153. The molecule has 0 fully saturated rings. The summed E-state index contributed by atoms with van der Waals surface area (Å²) in [6.07, 6.45) is -1.89. The molecule has 1 rings (SSSR count). The van der Waals surface area contributed by atoms with Crippen molar-refractivity contribution in [2.24, 2.45) is 0 Å². The molecule has 0 bridgehead atoms. The van der Waals surface area contributed by atoms with Gasteiger partial charge < -0.3 is 5.32 Å².